The number of hydrogen-bond donors (Lipinski definition) is 4. The van der Waals surface area contributed by atoms with E-state index < -0.39 is 6.04 Å². The molecule has 1 saturated heterocycles. The van der Waals surface area contributed by atoms with E-state index in [-0.39, 0.29) is 37.4 Å². The van der Waals surface area contributed by atoms with Gasteiger partial charge in [-0.05, 0) is 0 Å². The molecule has 84 valence electrons. The van der Waals surface area contributed by atoms with E-state index in [1.54, 1.807) is 0 Å². The van der Waals surface area contributed by atoms with Gasteiger partial charge in [0.2, 0.25) is 17.7 Å². The summed E-state index contributed by atoms with van der Waals surface area (Å²) in [4.78, 5) is 33.0. The van der Waals surface area contributed by atoms with E-state index >= 15 is 0 Å². The molecule has 0 aliphatic carbocycles. The number of hydrogen-bond acceptors (Lipinski definition) is 4. The Hall–Kier alpha value is -1.63. The average molecular weight is 214 g/mol. The topological polar surface area (TPSA) is 99.3 Å². The molecule has 1 fully saturated rings. The van der Waals surface area contributed by atoms with Crippen molar-refractivity contribution in [2.45, 2.75) is 6.04 Å². The van der Waals surface area contributed by atoms with Crippen molar-refractivity contribution in [2.75, 3.05) is 26.7 Å². The standard InChI is InChI=1S/C8H14N4O3/c1-9-6(13)3-12-8(15)5-2-11-7(14)4-10-5/h5,10H,2-4H2,1H3,(H,9,13)(H,11,14)(H,12,15). The molecule has 0 bridgehead atoms. The molecule has 0 radical (unpaired) electrons. The van der Waals surface area contributed by atoms with E-state index in [1.807, 2.05) is 0 Å². The zero-order valence-corrected chi connectivity index (χ0v) is 8.42. The van der Waals surface area contributed by atoms with Gasteiger partial charge in [0, 0.05) is 13.6 Å². The molecule has 4 N–H and O–H groups in total. The van der Waals surface area contributed by atoms with Gasteiger partial charge in [0.15, 0.2) is 0 Å². The van der Waals surface area contributed by atoms with Crippen LogP contribution in [0, 0.1) is 0 Å². The van der Waals surface area contributed by atoms with Crippen LogP contribution in [0.2, 0.25) is 0 Å². The minimum atomic E-state index is -0.465. The summed E-state index contributed by atoms with van der Waals surface area (Å²) in [7, 11) is 1.49. The van der Waals surface area contributed by atoms with Gasteiger partial charge in [-0.3, -0.25) is 19.7 Å². The van der Waals surface area contributed by atoms with Gasteiger partial charge in [-0.25, -0.2) is 0 Å². The first kappa shape index (κ1) is 11.4. The largest absolute Gasteiger partial charge is 0.358 e. The second-order valence-corrected chi connectivity index (χ2v) is 3.13. The summed E-state index contributed by atoms with van der Waals surface area (Å²) < 4.78 is 0. The van der Waals surface area contributed by atoms with Crippen molar-refractivity contribution in [1.82, 2.24) is 21.3 Å². The fraction of sp³-hybridized carbons (Fsp3) is 0.625. The Morgan fingerprint density at radius 2 is 2.27 bits per heavy atom. The van der Waals surface area contributed by atoms with Gasteiger partial charge in [0.1, 0.15) is 6.04 Å². The van der Waals surface area contributed by atoms with Crippen LogP contribution < -0.4 is 21.3 Å². The molecule has 7 nitrogen and oxygen atoms in total. The lowest BCUT2D eigenvalue weighted by atomic mass is 10.2. The smallest absolute Gasteiger partial charge is 0.239 e. The molecule has 7 heteroatoms. The third-order valence-electron chi connectivity index (χ3n) is 2.03. The average Bonchev–Trinajstić information content (AvgIpc) is 2.26. The fourth-order valence-corrected chi connectivity index (χ4v) is 1.13. The Morgan fingerprint density at radius 1 is 1.53 bits per heavy atom. The first-order valence-electron chi connectivity index (χ1n) is 4.62. The van der Waals surface area contributed by atoms with Crippen LogP contribution in [0.4, 0.5) is 0 Å². The second kappa shape index (κ2) is 5.30. The van der Waals surface area contributed by atoms with Gasteiger partial charge in [0.05, 0.1) is 13.1 Å². The molecule has 0 spiro atoms. The number of nitrogens with one attached hydrogen (secondary N) is 4. The predicted octanol–water partition coefficient (Wildman–Crippen LogP) is -3.06. The maximum Gasteiger partial charge on any atom is 0.239 e. The SMILES string of the molecule is CNC(=O)CNC(=O)C1CNC(=O)CN1. The van der Waals surface area contributed by atoms with E-state index in [2.05, 4.69) is 21.3 Å². The van der Waals surface area contributed by atoms with Crippen LogP contribution in [0.3, 0.4) is 0 Å². The molecule has 15 heavy (non-hydrogen) atoms. The van der Waals surface area contributed by atoms with Crippen molar-refractivity contribution < 1.29 is 14.4 Å². The maximum absolute atomic E-state index is 11.4. The fourth-order valence-electron chi connectivity index (χ4n) is 1.13. The van der Waals surface area contributed by atoms with Crippen molar-refractivity contribution in [3.05, 3.63) is 0 Å². The second-order valence-electron chi connectivity index (χ2n) is 3.13. The molecule has 1 atom stereocenters. The molecule has 3 amide bonds. The number of likely N-dealkylation sites (N-methyl/N-ethyl adjacent to an activating group) is 1. The first-order chi connectivity index (χ1) is 7.13. The van der Waals surface area contributed by atoms with E-state index in [0.717, 1.165) is 0 Å². The highest BCUT2D eigenvalue weighted by molar-refractivity contribution is 5.89. The van der Waals surface area contributed by atoms with Crippen LogP contribution >= 0.6 is 0 Å². The molecule has 0 aromatic rings. The highest BCUT2D eigenvalue weighted by atomic mass is 16.2. The Balaban J connectivity index is 2.28. The monoisotopic (exact) mass is 214 g/mol. The number of carbonyl (C=O) groups excluding carboxylic acids is 3. The molecule has 0 aromatic carbocycles. The zero-order chi connectivity index (χ0) is 11.3. The molecule has 0 saturated carbocycles. The van der Waals surface area contributed by atoms with Crippen molar-refractivity contribution in [3.8, 4) is 0 Å². The lowest BCUT2D eigenvalue weighted by Gasteiger charge is -2.22. The Kier molecular flexibility index (Phi) is 4.04. The molecule has 0 aromatic heterocycles. The van der Waals surface area contributed by atoms with Crippen molar-refractivity contribution >= 4 is 17.7 Å². The molecular formula is C8H14N4O3. The van der Waals surface area contributed by atoms with E-state index in [0.29, 0.717) is 0 Å². The van der Waals surface area contributed by atoms with E-state index in [4.69, 9.17) is 0 Å². The first-order valence-corrected chi connectivity index (χ1v) is 4.62. The number of amides is 3. The number of piperazine rings is 1. The molecule has 1 heterocycles. The van der Waals surface area contributed by atoms with Crippen molar-refractivity contribution in [2.24, 2.45) is 0 Å². The number of rotatable bonds is 3. The molecule has 1 unspecified atom stereocenters. The van der Waals surface area contributed by atoms with Crippen LogP contribution in [0.25, 0.3) is 0 Å². The van der Waals surface area contributed by atoms with Crippen LogP contribution in [0.15, 0.2) is 0 Å². The third kappa shape index (κ3) is 3.55. The molecule has 1 aliphatic heterocycles. The quantitative estimate of drug-likeness (QED) is 0.401. The molecular weight excluding hydrogens is 200 g/mol. The Bertz CT molecular complexity index is 269. The van der Waals surface area contributed by atoms with Gasteiger partial charge in [-0.15, -0.1) is 0 Å². The van der Waals surface area contributed by atoms with Gasteiger partial charge in [-0.2, -0.15) is 0 Å². The highest BCUT2D eigenvalue weighted by Gasteiger charge is 2.23. The van der Waals surface area contributed by atoms with Gasteiger partial charge >= 0.3 is 0 Å². The predicted molar refractivity (Wildman–Crippen MR) is 51.9 cm³/mol. The van der Waals surface area contributed by atoms with Gasteiger partial charge < -0.3 is 16.0 Å². The van der Waals surface area contributed by atoms with E-state index in [1.165, 1.54) is 7.05 Å². The summed E-state index contributed by atoms with van der Waals surface area (Å²) in [5, 5.41) is 10.1. The van der Waals surface area contributed by atoms with Gasteiger partial charge in [-0.1, -0.05) is 0 Å². The molecule has 1 rings (SSSR count). The zero-order valence-electron chi connectivity index (χ0n) is 8.42. The molecule has 1 aliphatic rings. The van der Waals surface area contributed by atoms with Gasteiger partial charge in [0.25, 0.3) is 0 Å². The summed E-state index contributed by atoms with van der Waals surface area (Å²) in [6.45, 7) is 0.317. The lowest BCUT2D eigenvalue weighted by Crippen LogP contribution is -2.58. The lowest BCUT2D eigenvalue weighted by molar-refractivity contribution is -0.129. The maximum atomic E-state index is 11.4. The van der Waals surface area contributed by atoms with Crippen LogP contribution in [0.5, 0.6) is 0 Å². The van der Waals surface area contributed by atoms with E-state index in [9.17, 15) is 14.4 Å². The third-order valence-corrected chi connectivity index (χ3v) is 2.03. The number of carbonyl (C=O) groups is 3. The van der Waals surface area contributed by atoms with Crippen LogP contribution in [-0.4, -0.2) is 50.4 Å². The normalized spacial score (nSPS) is 20.3. The minimum absolute atomic E-state index is 0.0541. The van der Waals surface area contributed by atoms with Crippen LogP contribution in [-0.2, 0) is 14.4 Å². The van der Waals surface area contributed by atoms with Crippen LogP contribution in [0.1, 0.15) is 0 Å². The Labute approximate surface area is 87.0 Å². The summed E-state index contributed by atoms with van der Waals surface area (Å²) in [6.07, 6.45) is 0. The highest BCUT2D eigenvalue weighted by Crippen LogP contribution is 1.87. The van der Waals surface area contributed by atoms with Crippen molar-refractivity contribution in [3.63, 3.8) is 0 Å². The van der Waals surface area contributed by atoms with Crippen molar-refractivity contribution in [1.29, 1.82) is 0 Å². The summed E-state index contributed by atoms with van der Waals surface area (Å²) in [5.41, 5.74) is 0. The Morgan fingerprint density at radius 3 is 2.80 bits per heavy atom. The summed E-state index contributed by atoms with van der Waals surface area (Å²) in [5.74, 6) is -0.688. The summed E-state index contributed by atoms with van der Waals surface area (Å²) in [6, 6.07) is -0.465. The minimum Gasteiger partial charge on any atom is -0.358 e. The summed E-state index contributed by atoms with van der Waals surface area (Å²) >= 11 is 0.